The highest BCUT2D eigenvalue weighted by Gasteiger charge is 2.46. The topological polar surface area (TPSA) is 75.2 Å². The van der Waals surface area contributed by atoms with Crippen LogP contribution in [-0.2, 0) is 17.4 Å². The van der Waals surface area contributed by atoms with Crippen molar-refractivity contribution >= 4 is 23.3 Å². The average Bonchev–Trinajstić information content (AvgIpc) is 3.30. The van der Waals surface area contributed by atoms with E-state index < -0.39 is 36.7 Å². The molecule has 1 N–H and O–H groups in total. The fourth-order valence-electron chi connectivity index (χ4n) is 5.13. The smallest absolute Gasteiger partial charge is 0.326 e. The van der Waals surface area contributed by atoms with Crippen molar-refractivity contribution in [2.45, 2.75) is 64.5 Å². The molecule has 11 heteroatoms. The predicted molar refractivity (Wildman–Crippen MR) is 131 cm³/mol. The van der Waals surface area contributed by atoms with Gasteiger partial charge in [-0.25, -0.2) is 18.7 Å². The Kier molecular flexibility index (Phi) is 8.04. The van der Waals surface area contributed by atoms with Gasteiger partial charge in [-0.2, -0.15) is 13.2 Å². The number of rotatable bonds is 9. The lowest BCUT2D eigenvalue weighted by Crippen LogP contribution is -2.58. The van der Waals surface area contributed by atoms with Gasteiger partial charge in [0.05, 0.1) is 24.3 Å². The third-order valence-electron chi connectivity index (χ3n) is 7.47. The summed E-state index contributed by atoms with van der Waals surface area (Å²) in [6.45, 7) is 2.75. The lowest BCUT2D eigenvalue weighted by atomic mass is 9.84. The van der Waals surface area contributed by atoms with Crippen molar-refractivity contribution in [3.05, 3.63) is 47.3 Å². The van der Waals surface area contributed by atoms with Crippen LogP contribution in [0.3, 0.4) is 0 Å². The summed E-state index contributed by atoms with van der Waals surface area (Å²) >= 11 is 0. The fourth-order valence-corrected chi connectivity index (χ4v) is 5.13. The van der Waals surface area contributed by atoms with Crippen LogP contribution in [0.1, 0.15) is 67.6 Å². The fraction of sp³-hybridized carbons (Fsp3) is 0.556. The molecule has 0 unspecified atom stereocenters. The highest BCUT2D eigenvalue weighted by molar-refractivity contribution is 5.95. The van der Waals surface area contributed by atoms with E-state index in [0.717, 1.165) is 23.9 Å². The zero-order valence-electron chi connectivity index (χ0n) is 21.3. The Labute approximate surface area is 218 Å². The van der Waals surface area contributed by atoms with Gasteiger partial charge in [0.25, 0.3) is 11.8 Å². The summed E-state index contributed by atoms with van der Waals surface area (Å²) in [6, 6.07) is 5.90. The molecule has 1 saturated carbocycles. The van der Waals surface area contributed by atoms with Crippen LogP contribution in [-0.4, -0.2) is 45.6 Å². The van der Waals surface area contributed by atoms with Gasteiger partial charge in [0.2, 0.25) is 5.95 Å². The number of nitrogens with zero attached hydrogens (tertiary/aromatic N) is 3. The summed E-state index contributed by atoms with van der Waals surface area (Å²) in [4.78, 5) is 34.2. The SMILES string of the molecule is CC[C@@H](C)CC(=O)[C@H]1CCC[C@H]1Cc1nc(Nc2ccc(C(=O)N3CC(F)(F)C3)cc2)ncc1C(F)(F)F. The van der Waals surface area contributed by atoms with Crippen LogP contribution in [0.25, 0.3) is 0 Å². The van der Waals surface area contributed by atoms with Gasteiger partial charge in [-0.15, -0.1) is 0 Å². The van der Waals surface area contributed by atoms with Crippen molar-refractivity contribution in [1.82, 2.24) is 14.9 Å². The maximum absolute atomic E-state index is 13.8. The summed E-state index contributed by atoms with van der Waals surface area (Å²) in [6.07, 6.45) is -0.437. The van der Waals surface area contributed by atoms with E-state index in [1.165, 1.54) is 24.3 Å². The number of halogens is 5. The molecule has 0 bridgehead atoms. The van der Waals surface area contributed by atoms with Crippen LogP contribution in [0.2, 0.25) is 0 Å². The van der Waals surface area contributed by atoms with Crippen LogP contribution in [0.4, 0.5) is 33.6 Å². The van der Waals surface area contributed by atoms with Gasteiger partial charge in [0.1, 0.15) is 5.78 Å². The van der Waals surface area contributed by atoms with Gasteiger partial charge < -0.3 is 10.2 Å². The van der Waals surface area contributed by atoms with Crippen LogP contribution in [0.15, 0.2) is 30.5 Å². The van der Waals surface area contributed by atoms with Gasteiger partial charge in [-0.3, -0.25) is 9.59 Å². The number of alkyl halides is 5. The molecule has 1 saturated heterocycles. The average molecular weight is 539 g/mol. The van der Waals surface area contributed by atoms with Crippen molar-refractivity contribution < 1.29 is 31.5 Å². The first-order chi connectivity index (χ1) is 17.9. The molecule has 2 aromatic rings. The molecule has 2 aliphatic rings. The molecule has 0 radical (unpaired) electrons. The second-order valence-electron chi connectivity index (χ2n) is 10.5. The first-order valence-corrected chi connectivity index (χ1v) is 12.9. The molecule has 1 aromatic heterocycles. The van der Waals surface area contributed by atoms with E-state index >= 15 is 0 Å². The number of nitrogens with one attached hydrogen (secondary N) is 1. The zero-order valence-corrected chi connectivity index (χ0v) is 21.3. The van der Waals surface area contributed by atoms with Crippen LogP contribution in [0, 0.1) is 17.8 Å². The first-order valence-electron chi connectivity index (χ1n) is 12.9. The van der Waals surface area contributed by atoms with E-state index in [1.54, 1.807) is 0 Å². The molecule has 0 spiro atoms. The number of amides is 1. The Hall–Kier alpha value is -3.11. The molecule has 6 nitrogen and oxygen atoms in total. The summed E-state index contributed by atoms with van der Waals surface area (Å²) in [5, 5.41) is 2.85. The van der Waals surface area contributed by atoms with Crippen molar-refractivity contribution in [1.29, 1.82) is 0 Å². The number of Topliss-reactive ketones (excluding diaryl/α,β-unsaturated/α-hetero) is 1. The van der Waals surface area contributed by atoms with Gasteiger partial charge in [-0.05, 0) is 55.4 Å². The third kappa shape index (κ3) is 6.47. The van der Waals surface area contributed by atoms with E-state index in [4.69, 9.17) is 0 Å². The van der Waals surface area contributed by atoms with Gasteiger partial charge in [0.15, 0.2) is 0 Å². The van der Waals surface area contributed by atoms with Gasteiger partial charge in [-0.1, -0.05) is 26.7 Å². The highest BCUT2D eigenvalue weighted by atomic mass is 19.4. The lowest BCUT2D eigenvalue weighted by molar-refractivity contribution is -0.138. The number of hydrogen-bond donors (Lipinski definition) is 1. The zero-order chi connectivity index (χ0) is 27.7. The number of carbonyl (C=O) groups excluding carboxylic acids is 2. The van der Waals surface area contributed by atoms with Crippen LogP contribution in [0.5, 0.6) is 0 Å². The summed E-state index contributed by atoms with van der Waals surface area (Å²) < 4.78 is 67.4. The summed E-state index contributed by atoms with van der Waals surface area (Å²) in [5.41, 5.74) is -0.442. The van der Waals surface area contributed by atoms with Crippen molar-refractivity contribution in [3.8, 4) is 0 Å². The van der Waals surface area contributed by atoms with E-state index in [0.29, 0.717) is 24.9 Å². The minimum Gasteiger partial charge on any atom is -0.326 e. The molecule has 38 heavy (non-hydrogen) atoms. The number of carbonyl (C=O) groups is 2. The van der Waals surface area contributed by atoms with Crippen molar-refractivity contribution in [2.75, 3.05) is 18.4 Å². The van der Waals surface area contributed by atoms with Crippen molar-refractivity contribution in [3.63, 3.8) is 0 Å². The second kappa shape index (κ2) is 10.9. The summed E-state index contributed by atoms with van der Waals surface area (Å²) in [7, 11) is 0. The quantitative estimate of drug-likeness (QED) is 0.380. The van der Waals surface area contributed by atoms with E-state index in [-0.39, 0.29) is 47.2 Å². The Bertz CT molecular complexity index is 1160. The Morgan fingerprint density at radius 1 is 1.16 bits per heavy atom. The number of ketones is 1. The maximum Gasteiger partial charge on any atom is 0.419 e. The monoisotopic (exact) mass is 538 g/mol. The number of likely N-dealkylation sites (tertiary alicyclic amines) is 1. The molecule has 1 aliphatic carbocycles. The molecule has 4 rings (SSSR count). The Balaban J connectivity index is 1.49. The number of aromatic nitrogens is 2. The minimum atomic E-state index is -4.64. The molecule has 1 amide bonds. The van der Waals surface area contributed by atoms with E-state index in [1.807, 2.05) is 13.8 Å². The molecule has 1 aliphatic heterocycles. The van der Waals surface area contributed by atoms with Gasteiger partial charge >= 0.3 is 6.18 Å². The molecular weight excluding hydrogens is 507 g/mol. The highest BCUT2D eigenvalue weighted by Crippen LogP contribution is 2.39. The third-order valence-corrected chi connectivity index (χ3v) is 7.47. The van der Waals surface area contributed by atoms with Gasteiger partial charge in [0, 0.05) is 29.8 Å². The number of benzene rings is 1. The van der Waals surface area contributed by atoms with Crippen molar-refractivity contribution in [2.24, 2.45) is 17.8 Å². The minimum absolute atomic E-state index is 0.0247. The number of anilines is 2. The number of hydrogen-bond acceptors (Lipinski definition) is 5. The van der Waals surface area contributed by atoms with Crippen LogP contribution >= 0.6 is 0 Å². The first kappa shape index (κ1) is 27.9. The normalized spacial score (nSPS) is 21.6. The molecule has 2 fully saturated rings. The Morgan fingerprint density at radius 2 is 1.84 bits per heavy atom. The molecular formula is C27H31F5N4O2. The van der Waals surface area contributed by atoms with E-state index in [2.05, 4.69) is 15.3 Å². The predicted octanol–water partition coefficient (Wildman–Crippen LogP) is 6.29. The lowest BCUT2D eigenvalue weighted by Gasteiger charge is -2.38. The largest absolute Gasteiger partial charge is 0.419 e. The molecule has 3 atom stereocenters. The second-order valence-corrected chi connectivity index (χ2v) is 10.5. The molecule has 206 valence electrons. The summed E-state index contributed by atoms with van der Waals surface area (Å²) in [5.74, 6) is -3.58. The van der Waals surface area contributed by atoms with E-state index in [9.17, 15) is 31.5 Å². The van der Waals surface area contributed by atoms with Crippen LogP contribution < -0.4 is 5.32 Å². The molecule has 1 aromatic carbocycles. The molecule has 2 heterocycles. The standard InChI is InChI=1S/C27H31F5N4O2/c1-3-16(2)11-23(37)20-6-4-5-18(20)12-22-21(27(30,31)32)13-33-25(35-22)34-19-9-7-17(8-10-19)24(38)36-14-26(28,29)15-36/h7-10,13,16,18,20H,3-6,11-12,14-15H2,1-2H3,(H,33,34,35)/t16-,18+,20+/m1/s1. The maximum atomic E-state index is 13.8. The Morgan fingerprint density at radius 3 is 2.45 bits per heavy atom.